The zero-order valence-corrected chi connectivity index (χ0v) is 11.6. The van der Waals surface area contributed by atoms with E-state index >= 15 is 0 Å². The van der Waals surface area contributed by atoms with Crippen molar-refractivity contribution in [3.05, 3.63) is 51.0 Å². The summed E-state index contributed by atoms with van der Waals surface area (Å²) in [4.78, 5) is 18.2. The van der Waals surface area contributed by atoms with Crippen LogP contribution in [-0.2, 0) is 6.54 Å². The first-order valence-electron chi connectivity index (χ1n) is 5.84. The van der Waals surface area contributed by atoms with Gasteiger partial charge in [-0.1, -0.05) is 6.07 Å². The van der Waals surface area contributed by atoms with E-state index in [0.29, 0.717) is 6.54 Å². The highest BCUT2D eigenvalue weighted by molar-refractivity contribution is 7.14. The number of aryl methyl sites for hydroxylation is 3. The van der Waals surface area contributed by atoms with Crippen LogP contribution in [0.25, 0.3) is 0 Å². The average Bonchev–Trinajstić information content (AvgIpc) is 2.67. The van der Waals surface area contributed by atoms with Gasteiger partial charge in [0, 0.05) is 10.6 Å². The SMILES string of the molecule is Cc1cccc(CNC(=O)c2cc(C)c(C)s2)n1. The first-order chi connectivity index (χ1) is 8.56. The van der Waals surface area contributed by atoms with Gasteiger partial charge in [-0.05, 0) is 44.5 Å². The summed E-state index contributed by atoms with van der Waals surface area (Å²) in [6.07, 6.45) is 0. The van der Waals surface area contributed by atoms with Crippen LogP contribution in [-0.4, -0.2) is 10.9 Å². The van der Waals surface area contributed by atoms with Crippen molar-refractivity contribution in [2.75, 3.05) is 0 Å². The molecule has 3 nitrogen and oxygen atoms in total. The van der Waals surface area contributed by atoms with E-state index in [4.69, 9.17) is 0 Å². The molecule has 2 heterocycles. The molecule has 0 aromatic carbocycles. The molecule has 0 aliphatic rings. The van der Waals surface area contributed by atoms with Gasteiger partial charge in [0.05, 0.1) is 17.1 Å². The molecule has 1 N–H and O–H groups in total. The van der Waals surface area contributed by atoms with Gasteiger partial charge < -0.3 is 5.32 Å². The Labute approximate surface area is 111 Å². The molecule has 0 aliphatic heterocycles. The summed E-state index contributed by atoms with van der Waals surface area (Å²) in [6.45, 7) is 6.46. The molecular weight excluding hydrogens is 244 g/mol. The Kier molecular flexibility index (Phi) is 3.77. The number of nitrogens with one attached hydrogen (secondary N) is 1. The van der Waals surface area contributed by atoms with Crippen LogP contribution in [0.1, 0.15) is 31.5 Å². The predicted molar refractivity (Wildman–Crippen MR) is 73.9 cm³/mol. The van der Waals surface area contributed by atoms with Gasteiger partial charge in [-0.2, -0.15) is 0 Å². The first-order valence-corrected chi connectivity index (χ1v) is 6.65. The number of pyridine rings is 1. The van der Waals surface area contributed by atoms with Crippen molar-refractivity contribution >= 4 is 17.2 Å². The van der Waals surface area contributed by atoms with Crippen LogP contribution in [0.2, 0.25) is 0 Å². The summed E-state index contributed by atoms with van der Waals surface area (Å²) in [7, 11) is 0. The van der Waals surface area contributed by atoms with Gasteiger partial charge in [0.25, 0.3) is 5.91 Å². The number of hydrogen-bond acceptors (Lipinski definition) is 3. The lowest BCUT2D eigenvalue weighted by Crippen LogP contribution is -2.22. The monoisotopic (exact) mass is 260 g/mol. The zero-order valence-electron chi connectivity index (χ0n) is 10.8. The maximum atomic E-state index is 11.9. The van der Waals surface area contributed by atoms with Crippen LogP contribution in [0.5, 0.6) is 0 Å². The number of aromatic nitrogens is 1. The van der Waals surface area contributed by atoms with Crippen molar-refractivity contribution in [3.8, 4) is 0 Å². The Morgan fingerprint density at radius 2 is 2.11 bits per heavy atom. The lowest BCUT2D eigenvalue weighted by molar-refractivity contribution is 0.0954. The lowest BCUT2D eigenvalue weighted by atomic mass is 10.2. The lowest BCUT2D eigenvalue weighted by Gasteiger charge is -2.03. The number of carbonyl (C=O) groups excluding carboxylic acids is 1. The fourth-order valence-corrected chi connectivity index (χ4v) is 2.59. The summed E-state index contributed by atoms with van der Waals surface area (Å²) in [5, 5.41) is 2.89. The fourth-order valence-electron chi connectivity index (χ4n) is 1.64. The van der Waals surface area contributed by atoms with E-state index in [1.807, 2.05) is 45.0 Å². The summed E-state index contributed by atoms with van der Waals surface area (Å²) in [5.41, 5.74) is 3.01. The molecule has 1 amide bonds. The van der Waals surface area contributed by atoms with Crippen LogP contribution in [0.3, 0.4) is 0 Å². The highest BCUT2D eigenvalue weighted by atomic mass is 32.1. The molecule has 18 heavy (non-hydrogen) atoms. The van der Waals surface area contributed by atoms with E-state index in [2.05, 4.69) is 10.3 Å². The minimum absolute atomic E-state index is 0.0282. The molecule has 0 aliphatic carbocycles. The Balaban J connectivity index is 2.00. The van der Waals surface area contributed by atoms with Crippen LogP contribution in [0, 0.1) is 20.8 Å². The fraction of sp³-hybridized carbons (Fsp3) is 0.286. The molecule has 0 bridgehead atoms. The minimum Gasteiger partial charge on any atom is -0.346 e. The van der Waals surface area contributed by atoms with Gasteiger partial charge in [0.15, 0.2) is 0 Å². The van der Waals surface area contributed by atoms with Crippen LogP contribution in [0.4, 0.5) is 0 Å². The molecule has 2 rings (SSSR count). The molecule has 2 aromatic heterocycles. The van der Waals surface area contributed by atoms with E-state index in [0.717, 1.165) is 16.3 Å². The molecule has 2 aromatic rings. The van der Waals surface area contributed by atoms with E-state index in [-0.39, 0.29) is 5.91 Å². The van der Waals surface area contributed by atoms with Gasteiger partial charge in [0.1, 0.15) is 0 Å². The normalized spacial score (nSPS) is 10.4. The third-order valence-corrected chi connectivity index (χ3v) is 3.92. The van der Waals surface area contributed by atoms with Crippen molar-refractivity contribution in [3.63, 3.8) is 0 Å². The highest BCUT2D eigenvalue weighted by Crippen LogP contribution is 2.20. The van der Waals surface area contributed by atoms with Crippen LogP contribution >= 0.6 is 11.3 Å². The smallest absolute Gasteiger partial charge is 0.261 e. The number of hydrogen-bond donors (Lipinski definition) is 1. The van der Waals surface area contributed by atoms with E-state index < -0.39 is 0 Å². The summed E-state index contributed by atoms with van der Waals surface area (Å²) in [6, 6.07) is 7.73. The number of rotatable bonds is 3. The Morgan fingerprint density at radius 3 is 2.72 bits per heavy atom. The number of thiophene rings is 1. The first kappa shape index (κ1) is 12.8. The minimum atomic E-state index is -0.0282. The molecule has 4 heteroatoms. The molecule has 0 saturated heterocycles. The van der Waals surface area contributed by atoms with Crippen LogP contribution in [0.15, 0.2) is 24.3 Å². The molecule has 0 spiro atoms. The predicted octanol–water partition coefficient (Wildman–Crippen LogP) is 3.00. The topological polar surface area (TPSA) is 42.0 Å². The molecule has 0 radical (unpaired) electrons. The van der Waals surface area contributed by atoms with Crippen molar-refractivity contribution < 1.29 is 4.79 Å². The van der Waals surface area contributed by atoms with Crippen LogP contribution < -0.4 is 5.32 Å². The Bertz CT molecular complexity index is 555. The third-order valence-electron chi connectivity index (χ3n) is 2.77. The van der Waals surface area contributed by atoms with Crippen molar-refractivity contribution in [2.24, 2.45) is 0 Å². The molecule has 0 unspecified atom stereocenters. The van der Waals surface area contributed by atoms with E-state index in [1.54, 1.807) is 0 Å². The van der Waals surface area contributed by atoms with Crippen molar-refractivity contribution in [1.82, 2.24) is 10.3 Å². The second-order valence-electron chi connectivity index (χ2n) is 4.30. The van der Waals surface area contributed by atoms with Crippen molar-refractivity contribution in [1.29, 1.82) is 0 Å². The van der Waals surface area contributed by atoms with Gasteiger partial charge in [-0.15, -0.1) is 11.3 Å². The quantitative estimate of drug-likeness (QED) is 0.921. The second-order valence-corrected chi connectivity index (χ2v) is 5.56. The molecule has 94 valence electrons. The third kappa shape index (κ3) is 2.96. The summed E-state index contributed by atoms with van der Waals surface area (Å²) >= 11 is 1.53. The largest absolute Gasteiger partial charge is 0.346 e. The maximum Gasteiger partial charge on any atom is 0.261 e. The van der Waals surface area contributed by atoms with Crippen molar-refractivity contribution in [2.45, 2.75) is 27.3 Å². The number of nitrogens with zero attached hydrogens (tertiary/aromatic N) is 1. The second kappa shape index (κ2) is 5.31. The zero-order chi connectivity index (χ0) is 13.1. The Hall–Kier alpha value is -1.68. The summed E-state index contributed by atoms with van der Waals surface area (Å²) < 4.78 is 0. The van der Waals surface area contributed by atoms with Gasteiger partial charge >= 0.3 is 0 Å². The number of amides is 1. The standard InChI is InChI=1S/C14H16N2OS/c1-9-7-13(18-11(9)3)14(17)15-8-12-6-4-5-10(2)16-12/h4-7H,8H2,1-3H3,(H,15,17). The molecular formula is C14H16N2OS. The van der Waals surface area contributed by atoms with Gasteiger partial charge in [0.2, 0.25) is 0 Å². The van der Waals surface area contributed by atoms with E-state index in [1.165, 1.54) is 21.8 Å². The van der Waals surface area contributed by atoms with E-state index in [9.17, 15) is 4.79 Å². The average molecular weight is 260 g/mol. The Morgan fingerprint density at radius 1 is 1.33 bits per heavy atom. The number of carbonyl (C=O) groups is 1. The molecule has 0 saturated carbocycles. The van der Waals surface area contributed by atoms with Gasteiger partial charge in [-0.3, -0.25) is 9.78 Å². The maximum absolute atomic E-state index is 11.9. The summed E-state index contributed by atoms with van der Waals surface area (Å²) in [5.74, 6) is -0.0282. The highest BCUT2D eigenvalue weighted by Gasteiger charge is 2.10. The molecule has 0 fully saturated rings. The molecule has 0 atom stereocenters. The van der Waals surface area contributed by atoms with Gasteiger partial charge in [-0.25, -0.2) is 0 Å².